The molecule has 0 spiro atoms. The first-order valence-corrected chi connectivity index (χ1v) is 11.2. The van der Waals surface area contributed by atoms with Crippen LogP contribution in [-0.4, -0.2) is 50.2 Å². The topological polar surface area (TPSA) is 97.0 Å². The third-order valence-electron chi connectivity index (χ3n) is 5.78. The normalized spacial score (nSPS) is 17.1. The van der Waals surface area contributed by atoms with Crippen LogP contribution in [0.4, 0.5) is 10.5 Å². The van der Waals surface area contributed by atoms with Gasteiger partial charge < -0.3 is 25.0 Å². The predicted octanol–water partition coefficient (Wildman–Crippen LogP) is 4.00. The number of rotatable bonds is 11. The van der Waals surface area contributed by atoms with Crippen LogP contribution in [0.2, 0.25) is 0 Å². The molecular weight excluding hydrogens is 410 g/mol. The van der Waals surface area contributed by atoms with E-state index >= 15 is 0 Å². The van der Waals surface area contributed by atoms with E-state index in [0.717, 1.165) is 31.2 Å². The Bertz CT molecular complexity index is 835. The van der Waals surface area contributed by atoms with Crippen LogP contribution in [-0.2, 0) is 19.1 Å². The number of nitrogens with zero attached hydrogens (tertiary/aromatic N) is 1. The van der Waals surface area contributed by atoms with E-state index in [-0.39, 0.29) is 31.1 Å². The Morgan fingerprint density at radius 1 is 1.19 bits per heavy atom. The molecule has 0 saturated heterocycles. The van der Waals surface area contributed by atoms with Gasteiger partial charge in [-0.3, -0.25) is 4.79 Å². The molecule has 0 fully saturated rings. The summed E-state index contributed by atoms with van der Waals surface area (Å²) in [5, 5.41) is 5.83. The van der Waals surface area contributed by atoms with Crippen molar-refractivity contribution in [3.63, 3.8) is 0 Å². The van der Waals surface area contributed by atoms with Crippen molar-refractivity contribution in [1.29, 1.82) is 0 Å². The van der Waals surface area contributed by atoms with Gasteiger partial charge in [0.2, 0.25) is 5.91 Å². The minimum Gasteiger partial charge on any atom is -0.460 e. The molecule has 2 atom stereocenters. The Balaban J connectivity index is 2.20. The standard InChI is InChI=1S/C24H35N3O5/c1-6-8-9-17(7-2)22(28)25-19-12-10-18(11-13-19)21-20(23(29)32-15-14-31-5)16(3)27(4)24(30)26-21/h10-13,17,21H,6-9,14-15H2,1-5H3,(H,25,28)(H,26,30). The van der Waals surface area contributed by atoms with E-state index in [2.05, 4.69) is 17.6 Å². The Kier molecular flexibility index (Phi) is 9.71. The van der Waals surface area contributed by atoms with Crippen molar-refractivity contribution in [2.24, 2.45) is 5.92 Å². The summed E-state index contributed by atoms with van der Waals surface area (Å²) in [6.07, 6.45) is 3.75. The van der Waals surface area contributed by atoms with E-state index in [1.54, 1.807) is 38.2 Å². The second-order valence-corrected chi connectivity index (χ2v) is 7.93. The fourth-order valence-electron chi connectivity index (χ4n) is 3.62. The minimum absolute atomic E-state index is 0.0122. The summed E-state index contributed by atoms with van der Waals surface area (Å²) in [6, 6.07) is 6.22. The van der Waals surface area contributed by atoms with Gasteiger partial charge in [-0.25, -0.2) is 9.59 Å². The lowest BCUT2D eigenvalue weighted by atomic mass is 9.94. The van der Waals surface area contributed by atoms with Crippen LogP contribution in [0.15, 0.2) is 35.5 Å². The van der Waals surface area contributed by atoms with Gasteiger partial charge >= 0.3 is 12.0 Å². The SMILES string of the molecule is CCCCC(CC)C(=O)Nc1ccc(C2NC(=O)N(C)C(C)=C2C(=O)OCCOC)cc1. The number of carbonyl (C=O) groups is 3. The molecule has 0 saturated carbocycles. The van der Waals surface area contributed by atoms with Crippen molar-refractivity contribution >= 4 is 23.6 Å². The van der Waals surface area contributed by atoms with Gasteiger partial charge in [0.1, 0.15) is 6.61 Å². The van der Waals surface area contributed by atoms with Crippen molar-refractivity contribution < 1.29 is 23.9 Å². The Hall–Kier alpha value is -2.87. The number of ether oxygens (including phenoxy) is 2. The fraction of sp³-hybridized carbons (Fsp3) is 0.542. The molecule has 0 aromatic heterocycles. The van der Waals surface area contributed by atoms with Crippen LogP contribution in [0.3, 0.4) is 0 Å². The third-order valence-corrected chi connectivity index (χ3v) is 5.78. The van der Waals surface area contributed by atoms with E-state index in [0.29, 0.717) is 17.0 Å². The van der Waals surface area contributed by atoms with Crippen molar-refractivity contribution in [3.8, 4) is 0 Å². The first-order valence-electron chi connectivity index (χ1n) is 11.2. The molecular formula is C24H35N3O5. The quantitative estimate of drug-likeness (QED) is 0.396. The Morgan fingerprint density at radius 2 is 1.88 bits per heavy atom. The van der Waals surface area contributed by atoms with Gasteiger partial charge in [0, 0.05) is 31.5 Å². The van der Waals surface area contributed by atoms with E-state index in [4.69, 9.17) is 9.47 Å². The molecule has 0 bridgehead atoms. The number of carbonyl (C=O) groups excluding carboxylic acids is 3. The summed E-state index contributed by atoms with van der Waals surface area (Å²) >= 11 is 0. The number of esters is 1. The molecule has 0 radical (unpaired) electrons. The maximum atomic E-state index is 12.8. The summed E-state index contributed by atoms with van der Waals surface area (Å²) in [5.41, 5.74) is 2.30. The third kappa shape index (κ3) is 6.32. The van der Waals surface area contributed by atoms with Crippen molar-refractivity contribution in [2.45, 2.75) is 52.5 Å². The number of unbranched alkanes of at least 4 members (excludes halogenated alkanes) is 1. The van der Waals surface area contributed by atoms with Crippen LogP contribution in [0.25, 0.3) is 0 Å². The molecule has 1 heterocycles. The molecule has 2 unspecified atom stereocenters. The lowest BCUT2D eigenvalue weighted by Gasteiger charge is -2.33. The maximum absolute atomic E-state index is 12.8. The largest absolute Gasteiger partial charge is 0.460 e. The van der Waals surface area contributed by atoms with Crippen LogP contribution >= 0.6 is 0 Å². The lowest BCUT2D eigenvalue weighted by molar-refractivity contribution is -0.141. The molecule has 2 N–H and O–H groups in total. The number of hydrogen-bond donors (Lipinski definition) is 2. The van der Waals surface area contributed by atoms with E-state index in [9.17, 15) is 14.4 Å². The molecule has 32 heavy (non-hydrogen) atoms. The zero-order valence-electron chi connectivity index (χ0n) is 19.7. The fourth-order valence-corrected chi connectivity index (χ4v) is 3.62. The number of amides is 3. The zero-order chi connectivity index (χ0) is 23.7. The minimum atomic E-state index is -0.647. The molecule has 1 aliphatic heterocycles. The molecule has 0 aliphatic carbocycles. The highest BCUT2D eigenvalue weighted by molar-refractivity contribution is 5.95. The Morgan fingerprint density at radius 3 is 2.47 bits per heavy atom. The lowest BCUT2D eigenvalue weighted by Crippen LogP contribution is -2.46. The van der Waals surface area contributed by atoms with Gasteiger partial charge in [-0.2, -0.15) is 0 Å². The molecule has 1 aromatic rings. The molecule has 1 aromatic carbocycles. The zero-order valence-corrected chi connectivity index (χ0v) is 19.7. The molecule has 8 nitrogen and oxygen atoms in total. The van der Waals surface area contributed by atoms with E-state index < -0.39 is 12.0 Å². The van der Waals surface area contributed by atoms with Gasteiger partial charge in [-0.05, 0) is 37.5 Å². The van der Waals surface area contributed by atoms with Crippen LogP contribution in [0, 0.1) is 5.92 Å². The maximum Gasteiger partial charge on any atom is 0.338 e. The highest BCUT2D eigenvalue weighted by atomic mass is 16.6. The van der Waals surface area contributed by atoms with Gasteiger partial charge in [0.15, 0.2) is 0 Å². The number of methoxy groups -OCH3 is 1. The molecule has 1 aliphatic rings. The average Bonchev–Trinajstić information content (AvgIpc) is 2.78. The van der Waals surface area contributed by atoms with E-state index in [1.165, 1.54) is 12.0 Å². The molecule has 176 valence electrons. The van der Waals surface area contributed by atoms with Crippen LogP contribution in [0.1, 0.15) is 58.1 Å². The Labute approximate surface area is 190 Å². The number of allylic oxidation sites excluding steroid dienone is 1. The monoisotopic (exact) mass is 445 g/mol. The number of benzene rings is 1. The van der Waals surface area contributed by atoms with Crippen molar-refractivity contribution in [2.75, 3.05) is 32.7 Å². The average molecular weight is 446 g/mol. The predicted molar refractivity (Wildman–Crippen MR) is 123 cm³/mol. The summed E-state index contributed by atoms with van der Waals surface area (Å²) < 4.78 is 10.3. The van der Waals surface area contributed by atoms with E-state index in [1.807, 2.05) is 6.92 Å². The number of nitrogens with one attached hydrogen (secondary N) is 2. The number of anilines is 1. The van der Waals surface area contributed by atoms with Crippen LogP contribution in [0.5, 0.6) is 0 Å². The van der Waals surface area contributed by atoms with Crippen LogP contribution < -0.4 is 10.6 Å². The van der Waals surface area contributed by atoms with Gasteiger partial charge in [0.25, 0.3) is 0 Å². The van der Waals surface area contributed by atoms with Crippen molar-refractivity contribution in [3.05, 3.63) is 41.1 Å². The molecule has 3 amide bonds. The number of urea groups is 1. The van der Waals surface area contributed by atoms with Crippen molar-refractivity contribution in [1.82, 2.24) is 10.2 Å². The molecule has 2 rings (SSSR count). The highest BCUT2D eigenvalue weighted by Gasteiger charge is 2.35. The summed E-state index contributed by atoms with van der Waals surface area (Å²) in [5.74, 6) is -0.503. The van der Waals surface area contributed by atoms with Gasteiger partial charge in [-0.15, -0.1) is 0 Å². The number of hydrogen-bond acceptors (Lipinski definition) is 5. The van der Waals surface area contributed by atoms with Gasteiger partial charge in [-0.1, -0.05) is 38.8 Å². The highest BCUT2D eigenvalue weighted by Crippen LogP contribution is 2.31. The molecule has 8 heteroatoms. The first kappa shape index (κ1) is 25.4. The summed E-state index contributed by atoms with van der Waals surface area (Å²) in [4.78, 5) is 39.1. The smallest absolute Gasteiger partial charge is 0.338 e. The van der Waals surface area contributed by atoms with Gasteiger partial charge in [0.05, 0.1) is 18.2 Å². The first-order chi connectivity index (χ1) is 15.3. The summed E-state index contributed by atoms with van der Waals surface area (Å²) in [7, 11) is 3.13. The second kappa shape index (κ2) is 12.2. The second-order valence-electron chi connectivity index (χ2n) is 7.93. The summed E-state index contributed by atoms with van der Waals surface area (Å²) in [6.45, 7) is 6.26.